The summed E-state index contributed by atoms with van der Waals surface area (Å²) in [4.78, 5) is 12.3. The molecule has 0 saturated carbocycles. The molecule has 13 heteroatoms. The highest BCUT2D eigenvalue weighted by atomic mass is 35.5. The van der Waals surface area contributed by atoms with E-state index in [1.165, 1.54) is 0 Å². The maximum absolute atomic E-state index is 13.2. The van der Waals surface area contributed by atoms with E-state index in [9.17, 15) is 9.13 Å². The molecule has 1 atom stereocenters. The van der Waals surface area contributed by atoms with E-state index in [1.807, 2.05) is 4.57 Å². The van der Waals surface area contributed by atoms with Crippen LogP contribution < -0.4 is 5.73 Å². The molecule has 0 fully saturated rings. The van der Waals surface area contributed by atoms with Crippen molar-refractivity contribution in [1.82, 2.24) is 19.5 Å². The fraction of sp³-hybridized carbons (Fsp3) is 0.722. The van der Waals surface area contributed by atoms with Gasteiger partial charge in [0.25, 0.3) is 0 Å². The Hall–Kier alpha value is -1.02. The van der Waals surface area contributed by atoms with Crippen LogP contribution in [0.3, 0.4) is 0 Å². The first-order valence-corrected chi connectivity index (χ1v) is 14.6. The van der Waals surface area contributed by atoms with E-state index in [1.54, 1.807) is 27.1 Å². The first-order valence-electron chi connectivity index (χ1n) is 10.5. The average molecular weight is 496 g/mol. The number of hydrogen-bond donors (Lipinski definition) is 1. The molecule has 1 unspecified atom stereocenters. The molecule has 10 nitrogen and oxygen atoms in total. The van der Waals surface area contributed by atoms with Crippen LogP contribution in [0.4, 0.5) is 5.95 Å². The SMILES string of the molecule is CCOP(=O)(CCCCCCn1cnc2c(Cl)nc(N)nc21)CP(=O)(OCC)OCC. The number of aromatic nitrogens is 4. The second-order valence-electron chi connectivity index (χ2n) is 6.94. The van der Waals surface area contributed by atoms with Crippen LogP contribution in [0.25, 0.3) is 11.2 Å². The number of imidazole rings is 1. The third-order valence-electron chi connectivity index (χ3n) is 4.49. The van der Waals surface area contributed by atoms with Gasteiger partial charge in [-0.1, -0.05) is 24.4 Å². The van der Waals surface area contributed by atoms with Crippen molar-refractivity contribution in [3.63, 3.8) is 0 Å². The average Bonchev–Trinajstić information content (AvgIpc) is 3.08. The van der Waals surface area contributed by atoms with E-state index in [0.717, 1.165) is 19.3 Å². The quantitative estimate of drug-likeness (QED) is 0.202. The zero-order valence-electron chi connectivity index (χ0n) is 18.3. The summed E-state index contributed by atoms with van der Waals surface area (Å²) in [6, 6.07) is 0. The highest BCUT2D eigenvalue weighted by Gasteiger charge is 2.36. The Morgan fingerprint density at radius 3 is 2.29 bits per heavy atom. The zero-order valence-corrected chi connectivity index (χ0v) is 20.9. The highest BCUT2D eigenvalue weighted by Crippen LogP contribution is 2.63. The summed E-state index contributed by atoms with van der Waals surface area (Å²) in [7, 11) is -6.54. The summed E-state index contributed by atoms with van der Waals surface area (Å²) < 4.78 is 44.0. The largest absolute Gasteiger partial charge is 0.368 e. The van der Waals surface area contributed by atoms with Gasteiger partial charge in [-0.3, -0.25) is 9.13 Å². The van der Waals surface area contributed by atoms with Crippen LogP contribution >= 0.6 is 26.6 Å². The van der Waals surface area contributed by atoms with Crippen molar-refractivity contribution in [2.45, 2.75) is 53.0 Å². The van der Waals surface area contributed by atoms with Crippen LogP contribution in [-0.2, 0) is 29.2 Å². The van der Waals surface area contributed by atoms with Gasteiger partial charge in [0, 0.05) is 12.7 Å². The van der Waals surface area contributed by atoms with Crippen molar-refractivity contribution >= 4 is 43.7 Å². The number of rotatable bonds is 15. The minimum absolute atomic E-state index is 0.113. The molecule has 0 amide bonds. The normalized spacial score (nSPS) is 14.2. The van der Waals surface area contributed by atoms with Gasteiger partial charge >= 0.3 is 7.60 Å². The van der Waals surface area contributed by atoms with E-state index < -0.39 is 15.0 Å². The van der Waals surface area contributed by atoms with Gasteiger partial charge in [-0.15, -0.1) is 0 Å². The van der Waals surface area contributed by atoms with Crippen LogP contribution in [0, 0.1) is 0 Å². The lowest BCUT2D eigenvalue weighted by Gasteiger charge is -2.23. The predicted molar refractivity (Wildman–Crippen MR) is 123 cm³/mol. The first-order chi connectivity index (χ1) is 14.8. The number of hydrogen-bond acceptors (Lipinski definition) is 9. The van der Waals surface area contributed by atoms with Gasteiger partial charge in [0.05, 0.1) is 26.1 Å². The van der Waals surface area contributed by atoms with Crippen molar-refractivity contribution in [3.05, 3.63) is 11.5 Å². The molecule has 176 valence electrons. The van der Waals surface area contributed by atoms with Crippen LogP contribution in [0.2, 0.25) is 5.15 Å². The molecule has 2 N–H and O–H groups in total. The fourth-order valence-electron chi connectivity index (χ4n) is 3.27. The van der Waals surface area contributed by atoms with Gasteiger partial charge in [-0.2, -0.15) is 9.97 Å². The van der Waals surface area contributed by atoms with E-state index in [-0.39, 0.29) is 36.8 Å². The van der Waals surface area contributed by atoms with Gasteiger partial charge in [0.2, 0.25) is 13.3 Å². The lowest BCUT2D eigenvalue weighted by molar-refractivity contribution is 0.222. The fourth-order valence-corrected chi connectivity index (χ4v) is 9.31. The standard InChI is InChI=1S/C18H32ClN5O5P2/c1-4-27-30(25,14-31(26,28-5-2)29-6-3)12-10-8-7-9-11-24-13-21-15-16(19)22-18(20)23-17(15)24/h13H,4-12,14H2,1-3H3,(H2,20,22,23). The monoisotopic (exact) mass is 495 g/mol. The third-order valence-corrected chi connectivity index (χ3v) is 10.9. The predicted octanol–water partition coefficient (Wildman–Crippen LogP) is 5.16. The molecule has 0 aliphatic heterocycles. The first kappa shape index (κ1) is 26.2. The second-order valence-corrected chi connectivity index (χ2v) is 12.5. The molecule has 2 aromatic rings. The molecule has 0 radical (unpaired) electrons. The Bertz CT molecular complexity index is 931. The Morgan fingerprint density at radius 1 is 1.00 bits per heavy atom. The second kappa shape index (κ2) is 12.3. The molecular formula is C18H32ClN5O5P2. The van der Waals surface area contributed by atoms with Gasteiger partial charge in [0.1, 0.15) is 11.4 Å². The number of aryl methyl sites for hydroxylation is 1. The van der Waals surface area contributed by atoms with E-state index in [0.29, 0.717) is 30.3 Å². The summed E-state index contributed by atoms with van der Waals surface area (Å²) in [6.07, 6.45) is 5.36. The highest BCUT2D eigenvalue weighted by molar-refractivity contribution is 7.73. The smallest absolute Gasteiger partial charge is 0.340 e. The number of fused-ring (bicyclic) bond motifs is 1. The Kier molecular flexibility index (Phi) is 10.4. The summed E-state index contributed by atoms with van der Waals surface area (Å²) in [5.74, 6) is -0.0689. The Morgan fingerprint density at radius 2 is 1.65 bits per heavy atom. The lowest BCUT2D eigenvalue weighted by Crippen LogP contribution is -2.06. The summed E-state index contributed by atoms with van der Waals surface area (Å²) in [5.41, 5.74) is 6.81. The topological polar surface area (TPSA) is 131 Å². The molecule has 2 aromatic heterocycles. The van der Waals surface area contributed by atoms with Crippen molar-refractivity contribution in [3.8, 4) is 0 Å². The molecule has 2 heterocycles. The van der Waals surface area contributed by atoms with Crippen molar-refractivity contribution in [2.75, 3.05) is 37.6 Å². The van der Waals surface area contributed by atoms with E-state index in [2.05, 4.69) is 15.0 Å². The molecule has 31 heavy (non-hydrogen) atoms. The van der Waals surface area contributed by atoms with Crippen LogP contribution in [0.1, 0.15) is 46.5 Å². The van der Waals surface area contributed by atoms with Crippen molar-refractivity contribution in [2.24, 2.45) is 0 Å². The van der Waals surface area contributed by atoms with E-state index >= 15 is 0 Å². The molecule has 0 aromatic carbocycles. The molecule has 0 bridgehead atoms. The number of nitrogens with two attached hydrogens (primary N) is 1. The Balaban J connectivity index is 1.84. The maximum atomic E-state index is 13.2. The molecular weight excluding hydrogens is 464 g/mol. The van der Waals surface area contributed by atoms with Crippen LogP contribution in [0.5, 0.6) is 0 Å². The molecule has 0 aliphatic rings. The summed E-state index contributed by atoms with van der Waals surface area (Å²) >= 11 is 6.05. The lowest BCUT2D eigenvalue weighted by atomic mass is 10.2. The third kappa shape index (κ3) is 7.81. The molecule has 0 aliphatic carbocycles. The van der Waals surface area contributed by atoms with Gasteiger partial charge < -0.3 is 23.9 Å². The number of nitrogens with zero attached hydrogens (tertiary/aromatic N) is 4. The van der Waals surface area contributed by atoms with Gasteiger partial charge in [-0.25, -0.2) is 4.98 Å². The van der Waals surface area contributed by atoms with Gasteiger partial charge in [0.15, 0.2) is 10.8 Å². The molecule has 0 saturated heterocycles. The summed E-state index contributed by atoms with van der Waals surface area (Å²) in [5, 5.41) is 0.240. The maximum Gasteiger partial charge on any atom is 0.340 e. The zero-order chi connectivity index (χ0) is 22.9. The minimum Gasteiger partial charge on any atom is -0.368 e. The number of unbranched alkanes of at least 4 members (excludes halogenated alkanes) is 3. The van der Waals surface area contributed by atoms with Gasteiger partial charge in [-0.05, 0) is 33.6 Å². The molecule has 0 spiro atoms. The number of nitrogen functional groups attached to an aromatic ring is 1. The van der Waals surface area contributed by atoms with Crippen LogP contribution in [0.15, 0.2) is 6.33 Å². The minimum atomic E-state index is -3.43. The summed E-state index contributed by atoms with van der Waals surface area (Å²) in [6.45, 7) is 6.69. The Labute approximate surface area is 188 Å². The molecule has 2 rings (SSSR count). The van der Waals surface area contributed by atoms with E-state index in [4.69, 9.17) is 30.9 Å². The van der Waals surface area contributed by atoms with Crippen molar-refractivity contribution in [1.29, 1.82) is 0 Å². The number of halogens is 1. The number of anilines is 1. The van der Waals surface area contributed by atoms with Crippen molar-refractivity contribution < 1.29 is 22.7 Å². The van der Waals surface area contributed by atoms with Crippen LogP contribution in [-0.4, -0.2) is 51.4 Å².